The fourth-order valence-electron chi connectivity index (χ4n) is 15.8. The zero-order valence-electron chi connectivity index (χ0n) is 83.0. The average Bonchev–Trinajstić information content (AvgIpc) is 1.66. The standard InChI is InChI=1S/C94H143N31O21/c1-47(2)37-67(78(133)111-46-73(129)114-68(38-48(3)4)83(138)112-49(5)77(132)119-66(90(145)146)31-20-36-107-94(102)103)120-80(135)62(27-15-16-32-95)116-86(141)72(42-74(130)131)123-89(144)76(51(7)127)124-82(137)65(30-19-35-106-93(100)101)117-85(140)70(40-54-44-109-60-25-13-10-22-57(54)60)121-81(136)63(28-17-33-104-91(96)97)115-79(134)64(29-18-34-105-92(98)99)118-88(143)75(50(6)126)125-87(142)71(41-55-45-110-61-26-14-11-23-58(55)61)122-84(139)69(113-52(8)128)39-53-43-108-59-24-12-9-21-56(53)59/h9-14,21-26,43-45,47-51,62-72,75-76,108-110,126-127H,15-20,27-42,46,95H2,1-8H3,(H,111,133)(H,112,138)(H,113,128)(H,114,129)(H,115,134)(H,116,141)(H,117,140)(H,118,143)(H,119,132)(H,120,135)(H,121,136)(H,122,139)(H,123,144)(H,124,137)(H,125,142)(H,130,131)(H,145,146)(H4,96,97,104)(H4,98,99,105)(H4,100,101,106)(H4,102,103,107)/t49-,50+,51+,62-,63-,64-,65-,66-,67-,68-,69-,70-,71-,72-,75-,76-/m0/s1. The maximum Gasteiger partial charge on any atom is 0.326 e. The quantitative estimate of drug-likeness (QED) is 0.00960. The van der Waals surface area contributed by atoms with E-state index in [9.17, 15) is 82.8 Å². The van der Waals surface area contributed by atoms with Gasteiger partial charge in [-0.25, -0.2) is 4.79 Å². The lowest BCUT2D eigenvalue weighted by Crippen LogP contribution is -2.62. The first-order valence-electron chi connectivity index (χ1n) is 48.0. The number of carbonyl (C=O) groups excluding carboxylic acids is 15. The summed E-state index contributed by atoms with van der Waals surface area (Å²) < 4.78 is 0. The number of carboxylic acid groups (broad SMARTS) is 2. The van der Waals surface area contributed by atoms with Crippen LogP contribution < -0.4 is 131 Å². The van der Waals surface area contributed by atoms with E-state index in [1.807, 2.05) is 18.2 Å². The van der Waals surface area contributed by atoms with Crippen molar-refractivity contribution in [2.75, 3.05) is 39.3 Å². The number of carbonyl (C=O) groups is 17. The number of para-hydroxylation sites is 3. The van der Waals surface area contributed by atoms with Gasteiger partial charge in [-0.2, -0.15) is 0 Å². The predicted octanol–water partition coefficient (Wildman–Crippen LogP) is -6.14. The molecule has 16 atom stereocenters. The first kappa shape index (κ1) is 119. The molecule has 15 amide bonds. The molecule has 6 rings (SSSR count). The number of carboxylic acids is 2. The molecule has 0 saturated carbocycles. The van der Waals surface area contributed by atoms with Gasteiger partial charge in [0.05, 0.1) is 25.2 Å². The number of aromatic amines is 3. The summed E-state index contributed by atoms with van der Waals surface area (Å²) in [6, 6.07) is -1.64. The Balaban J connectivity index is 1.26. The highest BCUT2D eigenvalue weighted by Gasteiger charge is 2.41. The van der Waals surface area contributed by atoms with E-state index in [0.717, 1.165) is 17.8 Å². The number of aliphatic carboxylic acids is 2. The smallest absolute Gasteiger partial charge is 0.326 e. The summed E-state index contributed by atoms with van der Waals surface area (Å²) in [5.41, 5.74) is 54.2. The van der Waals surface area contributed by atoms with Crippen LogP contribution in [0, 0.1) is 11.8 Å². The molecule has 3 heterocycles. The molecule has 40 N–H and O–H groups in total. The second kappa shape index (κ2) is 60.0. The molecule has 3 aromatic heterocycles. The van der Waals surface area contributed by atoms with Gasteiger partial charge in [0.25, 0.3) is 0 Å². The molecule has 3 aromatic carbocycles. The lowest BCUT2D eigenvalue weighted by molar-refractivity contribution is -0.142. The largest absolute Gasteiger partial charge is 0.481 e. The van der Waals surface area contributed by atoms with E-state index in [1.165, 1.54) is 20.8 Å². The number of nitrogens with zero attached hydrogens (tertiary/aromatic N) is 4. The van der Waals surface area contributed by atoms with E-state index in [2.05, 4.69) is 115 Å². The maximum absolute atomic E-state index is 15.4. The number of aliphatic hydroxyl groups excluding tert-OH is 2. The Morgan fingerprint density at radius 2 is 0.623 bits per heavy atom. The highest BCUT2D eigenvalue weighted by Crippen LogP contribution is 2.25. The van der Waals surface area contributed by atoms with E-state index >= 15 is 19.2 Å². The highest BCUT2D eigenvalue weighted by molar-refractivity contribution is 6.02. The summed E-state index contributed by atoms with van der Waals surface area (Å²) >= 11 is 0. The van der Waals surface area contributed by atoms with Crippen molar-refractivity contribution in [3.63, 3.8) is 0 Å². The minimum Gasteiger partial charge on any atom is -0.481 e. The van der Waals surface area contributed by atoms with Crippen LogP contribution >= 0.6 is 0 Å². The molecule has 0 radical (unpaired) electrons. The lowest BCUT2D eigenvalue weighted by atomic mass is 10.0. The molecule has 52 heteroatoms. The van der Waals surface area contributed by atoms with Crippen molar-refractivity contribution in [2.24, 2.45) is 83.4 Å². The maximum atomic E-state index is 15.4. The first-order valence-corrected chi connectivity index (χ1v) is 48.0. The van der Waals surface area contributed by atoms with Crippen LogP contribution in [0.3, 0.4) is 0 Å². The fraction of sp³-hybridized carbons (Fsp3) is 0.521. The molecule has 0 aliphatic rings. The number of unbranched alkanes of at least 4 members (excludes halogenated alkanes) is 1. The van der Waals surface area contributed by atoms with Gasteiger partial charge in [0.1, 0.15) is 84.6 Å². The third-order valence-electron chi connectivity index (χ3n) is 23.1. The van der Waals surface area contributed by atoms with Crippen molar-refractivity contribution in [3.8, 4) is 0 Å². The number of aliphatic hydroxyl groups is 2. The van der Waals surface area contributed by atoms with Crippen LogP contribution in [0.1, 0.15) is 162 Å². The third kappa shape index (κ3) is 40.6. The molecule has 0 saturated heterocycles. The molecule has 800 valence electrons. The Morgan fingerprint density at radius 1 is 0.329 bits per heavy atom. The summed E-state index contributed by atoms with van der Waals surface area (Å²) in [4.78, 5) is 266. The normalized spacial score (nSPS) is 14.5. The van der Waals surface area contributed by atoms with Crippen LogP contribution in [-0.4, -0.2) is 296 Å². The summed E-state index contributed by atoms with van der Waals surface area (Å²) in [6.45, 7) is 10.5. The van der Waals surface area contributed by atoms with Crippen LogP contribution in [-0.2, 0) is 101 Å². The molecular formula is C94H143N31O21. The number of H-pyrrole nitrogens is 3. The van der Waals surface area contributed by atoms with Gasteiger partial charge in [0.2, 0.25) is 88.6 Å². The number of benzene rings is 3. The molecule has 0 aliphatic heterocycles. The summed E-state index contributed by atoms with van der Waals surface area (Å²) in [5.74, 6) is -20.1. The SMILES string of the molecule is CC(=O)N[C@@H](Cc1c[nH]c2ccccc12)C(=O)N[C@@H](Cc1c[nH]c2ccccc12)C(=O)N[C@H](C(=O)N[C@@H](CCCN=C(N)N)C(=O)N[C@@H](CCCN=C(N)N)C(=O)N[C@@H](Cc1c[nH]c2ccccc12)C(=O)N[C@@H](CCCN=C(N)N)C(=O)N[C@H](C(=O)N[C@@H](CC(=O)O)C(=O)N[C@@H](CCCCN)C(=O)N[C@@H](CC(C)C)C(=O)NCC(=O)N[C@@H](CC(C)C)C(=O)N[C@@H](C)C(=O)N[C@@H](CCCN=C(N)N)C(=O)O)[C@@H](C)O)[C@@H](C)O. The molecule has 0 spiro atoms. The second-order valence-corrected chi connectivity index (χ2v) is 36.3. The number of aliphatic imine (C=N–C) groups is 4. The molecule has 52 nitrogen and oxygen atoms in total. The van der Waals surface area contributed by atoms with E-state index in [-0.39, 0.29) is 171 Å². The number of rotatable bonds is 64. The van der Waals surface area contributed by atoms with E-state index in [4.69, 9.17) is 51.6 Å². The first-order chi connectivity index (χ1) is 69.1. The number of nitrogens with one attached hydrogen (secondary N) is 18. The Labute approximate surface area is 842 Å². The van der Waals surface area contributed by atoms with Crippen LogP contribution in [0.15, 0.2) is 111 Å². The van der Waals surface area contributed by atoms with E-state index in [0.29, 0.717) is 38.5 Å². The van der Waals surface area contributed by atoms with Crippen LogP contribution in [0.25, 0.3) is 32.7 Å². The van der Waals surface area contributed by atoms with Crippen LogP contribution in [0.4, 0.5) is 0 Å². The number of amides is 15. The van der Waals surface area contributed by atoms with E-state index < -0.39 is 210 Å². The van der Waals surface area contributed by atoms with Gasteiger partial charge < -0.3 is 167 Å². The molecule has 0 aliphatic carbocycles. The Hall–Kier alpha value is -15.8. The van der Waals surface area contributed by atoms with Gasteiger partial charge in [-0.1, -0.05) is 82.3 Å². The third-order valence-corrected chi connectivity index (χ3v) is 23.1. The van der Waals surface area contributed by atoms with Crippen molar-refractivity contribution < 1.29 is 102 Å². The molecule has 0 fully saturated rings. The van der Waals surface area contributed by atoms with Gasteiger partial charge in [-0.3, -0.25) is 96.7 Å². The lowest BCUT2D eigenvalue weighted by Gasteiger charge is -2.29. The molecule has 0 unspecified atom stereocenters. The van der Waals surface area contributed by atoms with Gasteiger partial charge in [-0.15, -0.1) is 0 Å². The van der Waals surface area contributed by atoms with Crippen LogP contribution in [0.2, 0.25) is 0 Å². The fourth-order valence-corrected chi connectivity index (χ4v) is 15.8. The summed E-state index contributed by atoms with van der Waals surface area (Å²) in [7, 11) is 0. The van der Waals surface area contributed by atoms with E-state index in [1.54, 1.807) is 101 Å². The number of hydrogen-bond donors (Lipinski definition) is 31. The zero-order chi connectivity index (χ0) is 108. The Morgan fingerprint density at radius 3 is 0.973 bits per heavy atom. The topological polar surface area (TPSA) is 883 Å². The number of guanidine groups is 4. The highest BCUT2D eigenvalue weighted by atomic mass is 16.4. The van der Waals surface area contributed by atoms with Crippen molar-refractivity contribution in [1.82, 2.24) is 94.7 Å². The molecule has 0 bridgehead atoms. The van der Waals surface area contributed by atoms with Gasteiger partial charge in [-0.05, 0) is 158 Å². The van der Waals surface area contributed by atoms with Gasteiger partial charge in [0, 0.05) is 104 Å². The number of nitrogens with two attached hydrogens (primary N) is 9. The molecule has 6 aromatic rings. The molecular weight excluding hydrogens is 1900 g/mol. The molecule has 146 heavy (non-hydrogen) atoms. The monoisotopic (exact) mass is 2040 g/mol. The predicted molar refractivity (Wildman–Crippen MR) is 542 cm³/mol. The Bertz CT molecular complexity index is 5580. The van der Waals surface area contributed by atoms with Crippen molar-refractivity contribution in [3.05, 3.63) is 108 Å². The second-order valence-electron chi connectivity index (χ2n) is 36.3. The van der Waals surface area contributed by atoms with Crippen LogP contribution in [0.5, 0.6) is 0 Å². The van der Waals surface area contributed by atoms with Gasteiger partial charge in [0.15, 0.2) is 23.8 Å². The zero-order valence-corrected chi connectivity index (χ0v) is 83.0. The van der Waals surface area contributed by atoms with Crippen molar-refractivity contribution in [1.29, 1.82) is 0 Å². The van der Waals surface area contributed by atoms with Gasteiger partial charge >= 0.3 is 11.9 Å². The van der Waals surface area contributed by atoms with Crippen molar-refractivity contribution in [2.45, 2.75) is 261 Å². The summed E-state index contributed by atoms with van der Waals surface area (Å²) in [5, 5.41) is 82.8. The number of hydrogen-bond acceptors (Lipinski definition) is 24. The minimum absolute atomic E-state index is 0.0236. The number of aromatic nitrogens is 3. The summed E-state index contributed by atoms with van der Waals surface area (Å²) in [6.07, 6.45) is -1.61. The number of fused-ring (bicyclic) bond motifs is 3. The van der Waals surface area contributed by atoms with Crippen molar-refractivity contribution >= 4 is 157 Å². The minimum atomic E-state index is -2.11. The Kier molecular flexibility index (Phi) is 48.9. The average molecular weight is 2040 g/mol.